The minimum absolute atomic E-state index is 0.0809. The van der Waals surface area contributed by atoms with E-state index < -0.39 is 0 Å². The van der Waals surface area contributed by atoms with Gasteiger partial charge >= 0.3 is 0 Å². The third-order valence-electron chi connectivity index (χ3n) is 4.10. The molecule has 19 heavy (non-hydrogen) atoms. The second-order valence-electron chi connectivity index (χ2n) is 5.78. The summed E-state index contributed by atoms with van der Waals surface area (Å²) in [6.07, 6.45) is 3.68. The summed E-state index contributed by atoms with van der Waals surface area (Å²) in [5.74, 6) is 0.0809. The number of amides is 1. The highest BCUT2D eigenvalue weighted by molar-refractivity contribution is 5.81. The number of piperidine rings is 1. The molecule has 5 nitrogen and oxygen atoms in total. The lowest BCUT2D eigenvalue weighted by Crippen LogP contribution is -2.51. The van der Waals surface area contributed by atoms with Crippen LogP contribution in [0.1, 0.15) is 39.5 Å². The predicted octanol–water partition coefficient (Wildman–Crippen LogP) is 0.909. The van der Waals surface area contributed by atoms with Gasteiger partial charge in [-0.3, -0.25) is 4.79 Å². The highest BCUT2D eigenvalue weighted by atomic mass is 16.5. The third-order valence-corrected chi connectivity index (χ3v) is 4.10. The maximum absolute atomic E-state index is 12.3. The summed E-state index contributed by atoms with van der Waals surface area (Å²) in [6.45, 7) is 5.98. The smallest absolute Gasteiger partial charge is 0.251 e. The normalized spacial score (nSPS) is 33.4. The molecular formula is C14H26N2O3. The molecule has 0 saturated carbocycles. The quantitative estimate of drug-likeness (QED) is 0.824. The molecule has 2 heterocycles. The Bertz CT molecular complexity index is 305. The van der Waals surface area contributed by atoms with Gasteiger partial charge in [0.15, 0.2) is 0 Å². The van der Waals surface area contributed by atoms with Crippen LogP contribution < -0.4 is 5.73 Å². The first kappa shape index (κ1) is 14.8. The van der Waals surface area contributed by atoms with Crippen LogP contribution in [0.4, 0.5) is 0 Å². The van der Waals surface area contributed by atoms with E-state index in [-0.39, 0.29) is 30.2 Å². The van der Waals surface area contributed by atoms with Gasteiger partial charge in [-0.05, 0) is 39.5 Å². The van der Waals surface area contributed by atoms with E-state index in [2.05, 4.69) is 6.92 Å². The number of hydrogen-bond acceptors (Lipinski definition) is 4. The van der Waals surface area contributed by atoms with Crippen molar-refractivity contribution < 1.29 is 14.3 Å². The van der Waals surface area contributed by atoms with Gasteiger partial charge in [0.2, 0.25) is 0 Å². The van der Waals surface area contributed by atoms with Gasteiger partial charge in [0.25, 0.3) is 5.91 Å². The zero-order chi connectivity index (χ0) is 13.8. The number of hydrogen-bond donors (Lipinski definition) is 1. The van der Waals surface area contributed by atoms with E-state index in [1.54, 1.807) is 0 Å². The molecule has 0 unspecified atom stereocenters. The van der Waals surface area contributed by atoms with Crippen molar-refractivity contribution in [2.24, 2.45) is 5.73 Å². The molecule has 4 atom stereocenters. The maximum atomic E-state index is 12.3. The highest BCUT2D eigenvalue weighted by Gasteiger charge is 2.30. The first-order valence-corrected chi connectivity index (χ1v) is 7.37. The molecule has 110 valence electrons. The number of nitrogens with zero attached hydrogens (tertiary/aromatic N) is 1. The lowest BCUT2D eigenvalue weighted by atomic mass is 9.98. The Morgan fingerprint density at radius 3 is 2.95 bits per heavy atom. The fraction of sp³-hybridized carbons (Fsp3) is 0.929. The van der Waals surface area contributed by atoms with E-state index in [1.807, 2.05) is 11.8 Å². The molecule has 1 amide bonds. The zero-order valence-corrected chi connectivity index (χ0v) is 12.0. The van der Waals surface area contributed by atoms with Gasteiger partial charge in [-0.2, -0.15) is 0 Å². The van der Waals surface area contributed by atoms with Crippen molar-refractivity contribution in [3.8, 4) is 0 Å². The molecule has 0 radical (unpaired) electrons. The van der Waals surface area contributed by atoms with Crippen molar-refractivity contribution in [2.45, 2.75) is 63.8 Å². The molecule has 0 bridgehead atoms. The summed E-state index contributed by atoms with van der Waals surface area (Å²) in [5, 5.41) is 0. The van der Waals surface area contributed by atoms with E-state index in [0.29, 0.717) is 6.61 Å². The van der Waals surface area contributed by atoms with Crippen LogP contribution in [0, 0.1) is 0 Å². The third kappa shape index (κ3) is 3.91. The molecule has 0 aromatic heterocycles. The fourth-order valence-electron chi connectivity index (χ4n) is 2.87. The van der Waals surface area contributed by atoms with E-state index in [9.17, 15) is 4.79 Å². The van der Waals surface area contributed by atoms with Gasteiger partial charge in [0.05, 0.1) is 12.7 Å². The topological polar surface area (TPSA) is 64.8 Å². The van der Waals surface area contributed by atoms with E-state index in [0.717, 1.165) is 38.8 Å². The summed E-state index contributed by atoms with van der Waals surface area (Å²) in [4.78, 5) is 14.2. The summed E-state index contributed by atoms with van der Waals surface area (Å²) < 4.78 is 11.2. The van der Waals surface area contributed by atoms with Gasteiger partial charge in [-0.15, -0.1) is 0 Å². The molecular weight excluding hydrogens is 244 g/mol. The van der Waals surface area contributed by atoms with E-state index in [4.69, 9.17) is 15.2 Å². The molecule has 2 aliphatic heterocycles. The Balaban J connectivity index is 1.77. The van der Waals surface area contributed by atoms with Crippen LogP contribution in [-0.2, 0) is 14.3 Å². The molecule has 2 rings (SSSR count). The minimum Gasteiger partial charge on any atom is -0.376 e. The number of carbonyl (C=O) groups is 1. The highest BCUT2D eigenvalue weighted by Crippen LogP contribution is 2.18. The number of ether oxygens (including phenoxy) is 2. The average molecular weight is 270 g/mol. The molecule has 2 aliphatic rings. The number of nitrogens with two attached hydrogens (primary N) is 1. The van der Waals surface area contributed by atoms with E-state index in [1.165, 1.54) is 0 Å². The lowest BCUT2D eigenvalue weighted by Gasteiger charge is -2.37. The molecule has 2 N–H and O–H groups in total. The zero-order valence-electron chi connectivity index (χ0n) is 12.0. The summed E-state index contributed by atoms with van der Waals surface area (Å²) >= 11 is 0. The molecule has 0 aromatic rings. The van der Waals surface area contributed by atoms with Gasteiger partial charge in [-0.1, -0.05) is 0 Å². The van der Waals surface area contributed by atoms with Crippen LogP contribution in [0.3, 0.4) is 0 Å². The van der Waals surface area contributed by atoms with Crippen molar-refractivity contribution in [1.82, 2.24) is 4.90 Å². The van der Waals surface area contributed by atoms with Crippen LogP contribution in [0.25, 0.3) is 0 Å². The second-order valence-corrected chi connectivity index (χ2v) is 5.78. The standard InChI is InChI=1S/C14H26N2O3/c1-10-8-12(15)5-6-16(10)14(17)11(2)19-9-13-4-3-7-18-13/h10-13H,3-9,15H2,1-2H3/t10-,11+,12+,13+/m1/s1. The number of likely N-dealkylation sites (tertiary alicyclic amines) is 1. The van der Waals surface area contributed by atoms with E-state index >= 15 is 0 Å². The van der Waals surface area contributed by atoms with Crippen molar-refractivity contribution in [3.05, 3.63) is 0 Å². The van der Waals surface area contributed by atoms with Crippen LogP contribution in [0.15, 0.2) is 0 Å². The Kier molecular flexibility index (Phi) is 5.19. The van der Waals surface area contributed by atoms with Gasteiger partial charge in [0.1, 0.15) is 6.10 Å². The fourth-order valence-corrected chi connectivity index (χ4v) is 2.87. The number of carbonyl (C=O) groups excluding carboxylic acids is 1. The second kappa shape index (κ2) is 6.68. The van der Waals surface area contributed by atoms with Crippen molar-refractivity contribution >= 4 is 5.91 Å². The molecule has 0 aromatic carbocycles. The predicted molar refractivity (Wildman–Crippen MR) is 72.8 cm³/mol. The Labute approximate surface area is 115 Å². The Morgan fingerprint density at radius 1 is 1.53 bits per heavy atom. The summed E-state index contributed by atoms with van der Waals surface area (Å²) in [6, 6.07) is 0.437. The molecule has 2 fully saturated rings. The molecule has 0 spiro atoms. The van der Waals surface area contributed by atoms with Crippen LogP contribution in [0.2, 0.25) is 0 Å². The Hall–Kier alpha value is -0.650. The molecule has 2 saturated heterocycles. The van der Waals surface area contributed by atoms with Crippen LogP contribution in [-0.4, -0.2) is 54.9 Å². The van der Waals surface area contributed by atoms with Crippen molar-refractivity contribution in [2.75, 3.05) is 19.8 Å². The minimum atomic E-state index is -0.388. The summed E-state index contributed by atoms with van der Waals surface area (Å²) in [7, 11) is 0. The monoisotopic (exact) mass is 270 g/mol. The van der Waals surface area contributed by atoms with Crippen molar-refractivity contribution in [1.29, 1.82) is 0 Å². The first-order chi connectivity index (χ1) is 9.08. The van der Waals surface area contributed by atoms with Crippen LogP contribution in [0.5, 0.6) is 0 Å². The van der Waals surface area contributed by atoms with Crippen molar-refractivity contribution in [3.63, 3.8) is 0 Å². The molecule has 5 heteroatoms. The average Bonchev–Trinajstić information content (AvgIpc) is 2.88. The van der Waals surface area contributed by atoms with Gasteiger partial charge in [0, 0.05) is 25.2 Å². The van der Waals surface area contributed by atoms with Crippen LogP contribution >= 0.6 is 0 Å². The molecule has 0 aliphatic carbocycles. The van der Waals surface area contributed by atoms with Gasteiger partial charge < -0.3 is 20.1 Å². The van der Waals surface area contributed by atoms with Gasteiger partial charge in [-0.25, -0.2) is 0 Å². The first-order valence-electron chi connectivity index (χ1n) is 7.37. The summed E-state index contributed by atoms with van der Waals surface area (Å²) in [5.41, 5.74) is 5.92. The SMILES string of the molecule is C[C@H](OC[C@@H]1CCCO1)C(=O)N1CC[C@H](N)C[C@H]1C. The largest absolute Gasteiger partial charge is 0.376 e. The number of rotatable bonds is 4. The Morgan fingerprint density at radius 2 is 2.32 bits per heavy atom. The maximum Gasteiger partial charge on any atom is 0.251 e. The lowest BCUT2D eigenvalue weighted by molar-refractivity contribution is -0.148.